The summed E-state index contributed by atoms with van der Waals surface area (Å²) < 4.78 is 0. The fourth-order valence-corrected chi connectivity index (χ4v) is 1.51. The molecule has 0 bridgehead atoms. The molecule has 5 heteroatoms. The van der Waals surface area contributed by atoms with Gasteiger partial charge in [-0.25, -0.2) is 0 Å². The second-order valence-electron chi connectivity index (χ2n) is 1.87. The lowest BCUT2D eigenvalue weighted by Gasteiger charge is -2.05. The second-order valence-corrected chi connectivity index (χ2v) is 3.66. The number of hydrogen-bond donors (Lipinski definition) is 5. The Morgan fingerprint density at radius 3 is 2.00 bits per heavy atom. The first-order chi connectivity index (χ1) is 5.04. The lowest BCUT2D eigenvalue weighted by molar-refractivity contribution is 0.454. The molecule has 0 unspecified atom stereocenters. The Balaban J connectivity index is 3.46. The quantitative estimate of drug-likeness (QED) is 0.426. The minimum absolute atomic E-state index is 0.0545. The zero-order valence-electron chi connectivity index (χ0n) is 5.24. The van der Waals surface area contributed by atoms with E-state index in [0.717, 1.165) is 0 Å². The molecule has 1 nitrogen and oxygen atoms in total. The van der Waals surface area contributed by atoms with Crippen molar-refractivity contribution >= 4 is 50.5 Å². The van der Waals surface area contributed by atoms with Gasteiger partial charge in [0.25, 0.3) is 0 Å². The lowest BCUT2D eigenvalue weighted by Crippen LogP contribution is -1.79. The molecule has 0 fully saturated rings. The maximum Gasteiger partial charge on any atom is 0.139 e. The highest BCUT2D eigenvalue weighted by Gasteiger charge is 2.08. The van der Waals surface area contributed by atoms with Crippen molar-refractivity contribution in [3.63, 3.8) is 0 Å². The van der Waals surface area contributed by atoms with E-state index in [1.54, 1.807) is 0 Å². The molecule has 0 heterocycles. The normalized spacial score (nSPS) is 10.2. The first-order valence-electron chi connectivity index (χ1n) is 2.62. The number of rotatable bonds is 0. The monoisotopic (exact) mass is 221 g/mol. The van der Waals surface area contributed by atoms with Crippen molar-refractivity contribution in [1.29, 1.82) is 0 Å². The molecule has 0 saturated heterocycles. The number of aromatic hydroxyl groups is 1. The summed E-state index contributed by atoms with van der Waals surface area (Å²) in [6.45, 7) is 0. The van der Waals surface area contributed by atoms with E-state index in [1.165, 1.54) is 0 Å². The van der Waals surface area contributed by atoms with Crippen LogP contribution >= 0.6 is 50.5 Å². The second kappa shape index (κ2) is 3.43. The Labute approximate surface area is 86.8 Å². The van der Waals surface area contributed by atoms with Crippen molar-refractivity contribution < 1.29 is 5.11 Å². The van der Waals surface area contributed by atoms with Crippen molar-refractivity contribution in [1.82, 2.24) is 0 Å². The van der Waals surface area contributed by atoms with Crippen LogP contribution < -0.4 is 0 Å². The molecule has 0 saturated carbocycles. The predicted octanol–water partition coefficient (Wildman–Crippen LogP) is 2.35. The van der Waals surface area contributed by atoms with E-state index in [2.05, 4.69) is 56.6 Å². The van der Waals surface area contributed by atoms with Gasteiger partial charge in [-0.2, -0.15) is 0 Å². The molecule has 0 amide bonds. The summed E-state index contributed by atoms with van der Waals surface area (Å²) in [5, 5.41) is 9.14. The van der Waals surface area contributed by atoms with Crippen LogP contribution in [0, 0.1) is 6.07 Å². The SMILES string of the molecule is Oc1[c]c(S)c(S)c(S)c1S. The predicted molar refractivity (Wildman–Crippen MR) is 56.0 cm³/mol. The first-order valence-corrected chi connectivity index (χ1v) is 4.41. The van der Waals surface area contributed by atoms with Gasteiger partial charge in [0.05, 0.1) is 4.90 Å². The van der Waals surface area contributed by atoms with E-state index >= 15 is 0 Å². The van der Waals surface area contributed by atoms with Gasteiger partial charge in [0.2, 0.25) is 0 Å². The van der Waals surface area contributed by atoms with Crippen LogP contribution in [0.25, 0.3) is 0 Å². The van der Waals surface area contributed by atoms with Gasteiger partial charge in [-0.3, -0.25) is 0 Å². The molecule has 1 rings (SSSR count). The molecular formula is C6H5OS4. The van der Waals surface area contributed by atoms with Crippen LogP contribution in [0.4, 0.5) is 0 Å². The van der Waals surface area contributed by atoms with E-state index < -0.39 is 0 Å². The molecule has 0 spiro atoms. The van der Waals surface area contributed by atoms with E-state index in [9.17, 15) is 0 Å². The molecule has 0 aliphatic rings. The molecular weight excluding hydrogens is 216 g/mol. The van der Waals surface area contributed by atoms with Gasteiger partial charge in [-0.15, -0.1) is 50.5 Å². The first kappa shape index (κ1) is 9.51. The topological polar surface area (TPSA) is 20.2 Å². The maximum absolute atomic E-state index is 9.14. The highest BCUT2D eigenvalue weighted by atomic mass is 32.1. The Hall–Kier alpha value is 0.420. The molecule has 1 aromatic rings. The van der Waals surface area contributed by atoms with E-state index in [4.69, 9.17) is 5.11 Å². The summed E-state index contributed by atoms with van der Waals surface area (Å²) in [6.07, 6.45) is 0. The summed E-state index contributed by atoms with van der Waals surface area (Å²) in [5.74, 6) is -0.0545. The van der Waals surface area contributed by atoms with Crippen LogP contribution in [0.15, 0.2) is 19.6 Å². The van der Waals surface area contributed by atoms with Crippen LogP contribution in [0.2, 0.25) is 0 Å². The van der Waals surface area contributed by atoms with Gasteiger partial charge in [-0.1, -0.05) is 0 Å². The third kappa shape index (κ3) is 1.77. The zero-order chi connectivity index (χ0) is 8.59. The standard InChI is InChI=1S/C6H5OS4/c7-2-1-3(8)5(10)6(11)4(2)9/h7-11H. The van der Waals surface area contributed by atoms with Gasteiger partial charge in [-0.05, 0) is 0 Å². The average Bonchev–Trinajstić information content (AvgIpc) is 1.97. The van der Waals surface area contributed by atoms with Gasteiger partial charge in [0.1, 0.15) is 5.75 Å². The minimum Gasteiger partial charge on any atom is -0.506 e. The lowest BCUT2D eigenvalue weighted by atomic mass is 10.3. The Morgan fingerprint density at radius 2 is 1.45 bits per heavy atom. The van der Waals surface area contributed by atoms with Gasteiger partial charge >= 0.3 is 0 Å². The number of phenols is 1. The number of hydrogen-bond acceptors (Lipinski definition) is 5. The highest BCUT2D eigenvalue weighted by molar-refractivity contribution is 7.86. The summed E-state index contributed by atoms with van der Waals surface area (Å²) >= 11 is 16.2. The molecule has 59 valence electrons. The van der Waals surface area contributed by atoms with Gasteiger partial charge in [0, 0.05) is 20.8 Å². The molecule has 0 aliphatic heterocycles. The van der Waals surface area contributed by atoms with Crippen LogP contribution in [0.3, 0.4) is 0 Å². The van der Waals surface area contributed by atoms with Gasteiger partial charge < -0.3 is 5.11 Å². The summed E-state index contributed by atoms with van der Waals surface area (Å²) in [7, 11) is 0. The number of phenolic OH excluding ortho intramolecular Hbond substituents is 1. The number of benzene rings is 1. The van der Waals surface area contributed by atoms with Crippen LogP contribution in [0.1, 0.15) is 0 Å². The third-order valence-corrected chi connectivity index (χ3v) is 3.33. The van der Waals surface area contributed by atoms with Crippen molar-refractivity contribution in [3.05, 3.63) is 6.07 Å². The van der Waals surface area contributed by atoms with Crippen LogP contribution in [-0.2, 0) is 0 Å². The van der Waals surface area contributed by atoms with Crippen LogP contribution in [0.5, 0.6) is 5.75 Å². The van der Waals surface area contributed by atoms with E-state index in [-0.39, 0.29) is 5.75 Å². The van der Waals surface area contributed by atoms with Crippen molar-refractivity contribution in [3.8, 4) is 5.75 Å². The molecule has 11 heavy (non-hydrogen) atoms. The minimum atomic E-state index is -0.0545. The van der Waals surface area contributed by atoms with Gasteiger partial charge in [0.15, 0.2) is 0 Å². The molecule has 0 atom stereocenters. The maximum atomic E-state index is 9.14. The van der Waals surface area contributed by atoms with E-state index in [0.29, 0.717) is 19.6 Å². The fraction of sp³-hybridized carbons (Fsp3) is 0. The van der Waals surface area contributed by atoms with Crippen molar-refractivity contribution in [2.45, 2.75) is 19.6 Å². The fourth-order valence-electron chi connectivity index (χ4n) is 0.567. The Morgan fingerprint density at radius 1 is 0.909 bits per heavy atom. The Kier molecular flexibility index (Phi) is 2.96. The van der Waals surface area contributed by atoms with Crippen LogP contribution in [-0.4, -0.2) is 5.11 Å². The van der Waals surface area contributed by atoms with E-state index in [1.807, 2.05) is 0 Å². The van der Waals surface area contributed by atoms with Crippen molar-refractivity contribution in [2.24, 2.45) is 0 Å². The van der Waals surface area contributed by atoms with Crippen molar-refractivity contribution in [2.75, 3.05) is 0 Å². The average molecular weight is 221 g/mol. The summed E-state index contributed by atoms with van der Waals surface area (Å²) in [5.41, 5.74) is 0. The smallest absolute Gasteiger partial charge is 0.139 e. The highest BCUT2D eigenvalue weighted by Crippen LogP contribution is 2.36. The summed E-state index contributed by atoms with van der Waals surface area (Å²) in [4.78, 5) is 1.92. The zero-order valence-corrected chi connectivity index (χ0v) is 8.81. The summed E-state index contributed by atoms with van der Waals surface area (Å²) in [6, 6.07) is 2.57. The number of thiol groups is 4. The largest absolute Gasteiger partial charge is 0.506 e. The molecule has 1 N–H and O–H groups in total. The molecule has 0 aromatic heterocycles. The Bertz CT molecular complexity index is 271. The molecule has 0 aliphatic carbocycles. The molecule has 1 radical (unpaired) electrons. The molecule has 1 aromatic carbocycles. The third-order valence-electron chi connectivity index (χ3n) is 1.13.